The van der Waals surface area contributed by atoms with Gasteiger partial charge >= 0.3 is 0 Å². The standard InChI is InChI=1S/C16H27N3/c1-4-16(8-10-17-11-9-16)13-19(3)12-15-7-5-6-14(2)18-15/h5-7,17H,4,8-13H2,1-3H3. The molecule has 3 nitrogen and oxygen atoms in total. The van der Waals surface area contributed by atoms with Gasteiger partial charge in [0.1, 0.15) is 0 Å². The van der Waals surface area contributed by atoms with E-state index in [1.165, 1.54) is 44.6 Å². The second-order valence-electron chi connectivity index (χ2n) is 6.05. The Morgan fingerprint density at radius 1 is 1.32 bits per heavy atom. The van der Waals surface area contributed by atoms with Gasteiger partial charge < -0.3 is 5.32 Å². The first-order valence-electron chi connectivity index (χ1n) is 7.45. The van der Waals surface area contributed by atoms with Gasteiger partial charge in [0.2, 0.25) is 0 Å². The van der Waals surface area contributed by atoms with Crippen LogP contribution in [0.5, 0.6) is 0 Å². The minimum absolute atomic E-state index is 0.504. The second kappa shape index (κ2) is 6.49. The summed E-state index contributed by atoms with van der Waals surface area (Å²) in [5, 5.41) is 3.47. The molecule has 3 heteroatoms. The Hall–Kier alpha value is -0.930. The van der Waals surface area contributed by atoms with Crippen molar-refractivity contribution in [3.63, 3.8) is 0 Å². The van der Waals surface area contributed by atoms with Crippen molar-refractivity contribution >= 4 is 0 Å². The molecule has 1 aromatic heterocycles. The van der Waals surface area contributed by atoms with Crippen LogP contribution in [0.3, 0.4) is 0 Å². The molecule has 1 aliphatic heterocycles. The number of aromatic nitrogens is 1. The van der Waals surface area contributed by atoms with E-state index in [1.807, 2.05) is 0 Å². The molecule has 1 saturated heterocycles. The molecule has 0 bridgehead atoms. The predicted molar refractivity (Wildman–Crippen MR) is 80.1 cm³/mol. The van der Waals surface area contributed by atoms with E-state index in [2.05, 4.69) is 54.3 Å². The summed E-state index contributed by atoms with van der Waals surface area (Å²) in [4.78, 5) is 7.04. The Morgan fingerprint density at radius 3 is 2.68 bits per heavy atom. The van der Waals surface area contributed by atoms with Gasteiger partial charge in [0, 0.05) is 18.8 Å². The highest BCUT2D eigenvalue weighted by atomic mass is 15.1. The third kappa shape index (κ3) is 4.02. The van der Waals surface area contributed by atoms with E-state index >= 15 is 0 Å². The molecule has 0 atom stereocenters. The van der Waals surface area contributed by atoms with Crippen molar-refractivity contribution < 1.29 is 0 Å². The number of hydrogen-bond donors (Lipinski definition) is 1. The van der Waals surface area contributed by atoms with E-state index in [0.717, 1.165) is 12.2 Å². The monoisotopic (exact) mass is 261 g/mol. The smallest absolute Gasteiger partial charge is 0.0547 e. The summed E-state index contributed by atoms with van der Waals surface area (Å²) in [6.45, 7) is 8.88. The lowest BCUT2D eigenvalue weighted by Gasteiger charge is -2.39. The van der Waals surface area contributed by atoms with Crippen LogP contribution in [0.1, 0.15) is 37.6 Å². The van der Waals surface area contributed by atoms with Crippen molar-refractivity contribution in [1.29, 1.82) is 0 Å². The van der Waals surface area contributed by atoms with E-state index in [9.17, 15) is 0 Å². The zero-order valence-corrected chi connectivity index (χ0v) is 12.6. The Morgan fingerprint density at radius 2 is 2.05 bits per heavy atom. The molecule has 0 spiro atoms. The number of nitrogens with one attached hydrogen (secondary N) is 1. The Labute approximate surface area is 117 Å². The molecule has 0 aliphatic carbocycles. The number of pyridine rings is 1. The summed E-state index contributed by atoms with van der Waals surface area (Å²) < 4.78 is 0. The van der Waals surface area contributed by atoms with Crippen molar-refractivity contribution in [1.82, 2.24) is 15.2 Å². The largest absolute Gasteiger partial charge is 0.317 e. The van der Waals surface area contributed by atoms with E-state index in [1.54, 1.807) is 0 Å². The van der Waals surface area contributed by atoms with Gasteiger partial charge in [-0.3, -0.25) is 9.88 Å². The van der Waals surface area contributed by atoms with Crippen molar-refractivity contribution in [3.05, 3.63) is 29.6 Å². The predicted octanol–water partition coefficient (Wildman–Crippen LogP) is 2.60. The van der Waals surface area contributed by atoms with Gasteiger partial charge in [-0.2, -0.15) is 0 Å². The van der Waals surface area contributed by atoms with Crippen LogP contribution >= 0.6 is 0 Å². The average Bonchev–Trinajstić information content (AvgIpc) is 2.39. The highest BCUT2D eigenvalue weighted by Crippen LogP contribution is 2.33. The molecule has 1 aliphatic rings. The fourth-order valence-corrected chi connectivity index (χ4v) is 3.17. The van der Waals surface area contributed by atoms with E-state index in [0.29, 0.717) is 5.41 Å². The minimum atomic E-state index is 0.504. The summed E-state index contributed by atoms with van der Waals surface area (Å²) in [5.41, 5.74) is 2.80. The van der Waals surface area contributed by atoms with Crippen molar-refractivity contribution in [2.24, 2.45) is 5.41 Å². The number of nitrogens with zero attached hydrogens (tertiary/aromatic N) is 2. The first kappa shape index (κ1) is 14.5. The van der Waals surface area contributed by atoms with Crippen LogP contribution < -0.4 is 5.32 Å². The van der Waals surface area contributed by atoms with E-state index in [-0.39, 0.29) is 0 Å². The van der Waals surface area contributed by atoms with Crippen LogP contribution in [0.4, 0.5) is 0 Å². The molecule has 1 fully saturated rings. The van der Waals surface area contributed by atoms with Gasteiger partial charge in [0.25, 0.3) is 0 Å². The van der Waals surface area contributed by atoms with Gasteiger partial charge in [0.15, 0.2) is 0 Å². The van der Waals surface area contributed by atoms with Crippen molar-refractivity contribution in [2.45, 2.75) is 39.7 Å². The molecule has 0 saturated carbocycles. The van der Waals surface area contributed by atoms with E-state index < -0.39 is 0 Å². The number of aryl methyl sites for hydroxylation is 1. The van der Waals surface area contributed by atoms with Gasteiger partial charge in [-0.25, -0.2) is 0 Å². The summed E-state index contributed by atoms with van der Waals surface area (Å²) in [6, 6.07) is 6.29. The molecule has 0 unspecified atom stereocenters. The molecule has 0 radical (unpaired) electrons. The van der Waals surface area contributed by atoms with Gasteiger partial charge in [-0.05, 0) is 63.9 Å². The lowest BCUT2D eigenvalue weighted by atomic mass is 9.76. The third-order valence-electron chi connectivity index (χ3n) is 4.40. The summed E-state index contributed by atoms with van der Waals surface area (Å²) >= 11 is 0. The van der Waals surface area contributed by atoms with Crippen LogP contribution in [0.15, 0.2) is 18.2 Å². The molecule has 2 rings (SSSR count). The van der Waals surface area contributed by atoms with Crippen LogP contribution in [0, 0.1) is 12.3 Å². The SMILES string of the molecule is CCC1(CN(C)Cc2cccc(C)n2)CCNCC1. The second-order valence-corrected chi connectivity index (χ2v) is 6.05. The quantitative estimate of drug-likeness (QED) is 0.883. The van der Waals surface area contributed by atoms with Crippen LogP contribution in [0.25, 0.3) is 0 Å². The average molecular weight is 261 g/mol. The maximum atomic E-state index is 4.60. The molecule has 0 aromatic carbocycles. The zero-order valence-electron chi connectivity index (χ0n) is 12.6. The Bertz CT molecular complexity index is 397. The maximum Gasteiger partial charge on any atom is 0.0547 e. The van der Waals surface area contributed by atoms with Crippen molar-refractivity contribution in [3.8, 4) is 0 Å². The fourth-order valence-electron chi connectivity index (χ4n) is 3.17. The van der Waals surface area contributed by atoms with Gasteiger partial charge in [-0.1, -0.05) is 13.0 Å². The molecule has 2 heterocycles. The first-order chi connectivity index (χ1) is 9.13. The normalized spacial score (nSPS) is 18.7. The van der Waals surface area contributed by atoms with Gasteiger partial charge in [-0.15, -0.1) is 0 Å². The Balaban J connectivity index is 1.94. The molecule has 1 aromatic rings. The number of piperidine rings is 1. The summed E-state index contributed by atoms with van der Waals surface area (Å²) in [5.74, 6) is 0. The maximum absolute atomic E-state index is 4.60. The van der Waals surface area contributed by atoms with E-state index in [4.69, 9.17) is 0 Å². The third-order valence-corrected chi connectivity index (χ3v) is 4.40. The van der Waals surface area contributed by atoms with Crippen LogP contribution in [-0.2, 0) is 6.54 Å². The Kier molecular flexibility index (Phi) is 4.94. The molecule has 106 valence electrons. The molecule has 1 N–H and O–H groups in total. The number of hydrogen-bond acceptors (Lipinski definition) is 3. The highest BCUT2D eigenvalue weighted by molar-refractivity contribution is 5.09. The first-order valence-corrected chi connectivity index (χ1v) is 7.45. The van der Waals surface area contributed by atoms with Crippen LogP contribution in [0.2, 0.25) is 0 Å². The van der Waals surface area contributed by atoms with Crippen LogP contribution in [-0.4, -0.2) is 36.6 Å². The topological polar surface area (TPSA) is 28.2 Å². The fraction of sp³-hybridized carbons (Fsp3) is 0.688. The summed E-state index contributed by atoms with van der Waals surface area (Å²) in [7, 11) is 2.23. The number of rotatable bonds is 5. The summed E-state index contributed by atoms with van der Waals surface area (Å²) in [6.07, 6.45) is 3.88. The molecular formula is C16H27N3. The minimum Gasteiger partial charge on any atom is -0.317 e. The highest BCUT2D eigenvalue weighted by Gasteiger charge is 2.31. The lowest BCUT2D eigenvalue weighted by molar-refractivity contribution is 0.118. The molecule has 19 heavy (non-hydrogen) atoms. The zero-order chi connectivity index (χ0) is 13.7. The molecular weight excluding hydrogens is 234 g/mol. The van der Waals surface area contributed by atoms with Gasteiger partial charge in [0.05, 0.1) is 5.69 Å². The molecule has 0 amide bonds. The van der Waals surface area contributed by atoms with Crippen molar-refractivity contribution in [2.75, 3.05) is 26.7 Å². The lowest BCUT2D eigenvalue weighted by Crippen LogP contribution is -2.43.